The van der Waals surface area contributed by atoms with Crippen LogP contribution in [-0.4, -0.2) is 39.8 Å². The summed E-state index contributed by atoms with van der Waals surface area (Å²) in [5.74, 6) is -0.0673. The zero-order chi connectivity index (χ0) is 25.8. The molecule has 1 unspecified atom stereocenters. The number of halogens is 2. The second kappa shape index (κ2) is 11.2. The van der Waals surface area contributed by atoms with E-state index >= 15 is 0 Å². The number of aromatic nitrogens is 2. The van der Waals surface area contributed by atoms with Gasteiger partial charge in [-0.1, -0.05) is 54.1 Å². The Labute approximate surface area is 220 Å². The lowest BCUT2D eigenvalue weighted by molar-refractivity contribution is 0.0502. The van der Waals surface area contributed by atoms with E-state index in [1.165, 1.54) is 12.1 Å². The molecular formula is C29H27ClFN3O3. The molecular weight excluding hydrogens is 493 g/mol. The lowest BCUT2D eigenvalue weighted by Gasteiger charge is -2.26. The van der Waals surface area contributed by atoms with Gasteiger partial charge in [0.2, 0.25) is 5.88 Å². The van der Waals surface area contributed by atoms with E-state index in [1.807, 2.05) is 49.4 Å². The molecule has 3 aromatic carbocycles. The average molecular weight is 520 g/mol. The van der Waals surface area contributed by atoms with Crippen LogP contribution in [0.2, 0.25) is 5.02 Å². The topological polar surface area (TPSA) is 56.6 Å². The van der Waals surface area contributed by atoms with Crippen molar-refractivity contribution in [2.45, 2.75) is 32.4 Å². The van der Waals surface area contributed by atoms with E-state index in [-0.39, 0.29) is 18.2 Å². The van der Waals surface area contributed by atoms with E-state index < -0.39 is 11.7 Å². The summed E-state index contributed by atoms with van der Waals surface area (Å²) >= 11 is 6.42. The van der Waals surface area contributed by atoms with Crippen LogP contribution in [0.3, 0.4) is 0 Å². The number of hydrogen-bond acceptors (Lipinski definition) is 4. The fourth-order valence-electron chi connectivity index (χ4n) is 4.45. The molecule has 5 rings (SSSR count). The van der Waals surface area contributed by atoms with Crippen molar-refractivity contribution in [3.63, 3.8) is 0 Å². The predicted octanol–water partition coefficient (Wildman–Crippen LogP) is 6.59. The number of carbonyl (C=O) groups is 1. The molecule has 2 heterocycles. The minimum absolute atomic E-state index is 0.0159. The Bertz CT molecular complexity index is 1390. The predicted molar refractivity (Wildman–Crippen MR) is 140 cm³/mol. The summed E-state index contributed by atoms with van der Waals surface area (Å²) in [7, 11) is 0. The third-order valence-electron chi connectivity index (χ3n) is 6.37. The highest BCUT2D eigenvalue weighted by Gasteiger charge is 2.29. The molecule has 0 saturated carbocycles. The average Bonchev–Trinajstić information content (AvgIpc) is 3.53. The number of ether oxygens (including phenoxy) is 2. The van der Waals surface area contributed by atoms with Gasteiger partial charge in [-0.3, -0.25) is 4.79 Å². The van der Waals surface area contributed by atoms with Crippen LogP contribution >= 0.6 is 11.6 Å². The van der Waals surface area contributed by atoms with Gasteiger partial charge in [0, 0.05) is 13.2 Å². The maximum atomic E-state index is 14.6. The minimum atomic E-state index is -0.561. The van der Waals surface area contributed by atoms with Crippen LogP contribution in [0.1, 0.15) is 34.5 Å². The number of aryl methyl sites for hydroxylation is 1. The largest absolute Gasteiger partial charge is 0.437 e. The first-order chi connectivity index (χ1) is 18.0. The number of rotatable bonds is 8. The molecule has 1 aliphatic heterocycles. The second-order valence-electron chi connectivity index (χ2n) is 8.95. The van der Waals surface area contributed by atoms with E-state index in [1.54, 1.807) is 33.8 Å². The summed E-state index contributed by atoms with van der Waals surface area (Å²) in [6, 6.07) is 22.8. The van der Waals surface area contributed by atoms with Crippen LogP contribution in [0.4, 0.5) is 4.39 Å². The fourth-order valence-corrected chi connectivity index (χ4v) is 4.62. The van der Waals surface area contributed by atoms with E-state index in [4.69, 9.17) is 26.2 Å². The van der Waals surface area contributed by atoms with Crippen LogP contribution < -0.4 is 4.74 Å². The van der Waals surface area contributed by atoms with Crippen molar-refractivity contribution in [1.82, 2.24) is 14.7 Å². The molecule has 4 aromatic rings. The number of carbonyl (C=O) groups excluding carboxylic acids is 1. The zero-order valence-electron chi connectivity index (χ0n) is 20.4. The summed E-state index contributed by atoms with van der Waals surface area (Å²) in [4.78, 5) is 15.2. The van der Waals surface area contributed by atoms with Crippen molar-refractivity contribution in [1.29, 1.82) is 0 Å². The van der Waals surface area contributed by atoms with Gasteiger partial charge in [0.25, 0.3) is 5.91 Å². The molecule has 0 bridgehead atoms. The summed E-state index contributed by atoms with van der Waals surface area (Å²) < 4.78 is 28.5. The Morgan fingerprint density at radius 2 is 1.84 bits per heavy atom. The number of hydrogen-bond donors (Lipinski definition) is 0. The normalized spacial score (nSPS) is 15.1. The molecule has 8 heteroatoms. The smallest absolute Gasteiger partial charge is 0.257 e. The van der Waals surface area contributed by atoms with Crippen molar-refractivity contribution in [3.05, 3.63) is 107 Å². The molecule has 1 saturated heterocycles. The number of para-hydroxylation sites is 2. The van der Waals surface area contributed by atoms with Crippen LogP contribution in [0.25, 0.3) is 5.69 Å². The highest BCUT2D eigenvalue weighted by molar-refractivity contribution is 6.32. The van der Waals surface area contributed by atoms with E-state index in [9.17, 15) is 9.18 Å². The second-order valence-corrected chi connectivity index (χ2v) is 9.36. The Morgan fingerprint density at radius 1 is 1.11 bits per heavy atom. The van der Waals surface area contributed by atoms with Gasteiger partial charge in [-0.25, -0.2) is 9.07 Å². The standard InChI is InChI=1S/C29H27ClFN3O3/c1-20-24(19-33(18-22-12-9-17-36-22)28(35)23-13-5-7-15-26(23)31)29(37-27-16-8-6-14-25(27)30)34(32-20)21-10-3-2-4-11-21/h2-8,10-11,13-16,22H,9,12,17-19H2,1H3. The minimum Gasteiger partial charge on any atom is -0.437 e. The van der Waals surface area contributed by atoms with Crippen molar-refractivity contribution in [3.8, 4) is 17.3 Å². The van der Waals surface area contributed by atoms with E-state index in [2.05, 4.69) is 0 Å². The van der Waals surface area contributed by atoms with Crippen molar-refractivity contribution in [2.75, 3.05) is 13.2 Å². The summed E-state index contributed by atoms with van der Waals surface area (Å²) in [5.41, 5.74) is 2.20. The van der Waals surface area contributed by atoms with Gasteiger partial charge in [0.15, 0.2) is 0 Å². The van der Waals surface area contributed by atoms with Crippen molar-refractivity contribution >= 4 is 17.5 Å². The highest BCUT2D eigenvalue weighted by atomic mass is 35.5. The summed E-state index contributed by atoms with van der Waals surface area (Å²) in [6.45, 7) is 3.00. The molecule has 1 aliphatic rings. The van der Waals surface area contributed by atoms with Gasteiger partial charge in [-0.2, -0.15) is 5.10 Å². The van der Waals surface area contributed by atoms with Gasteiger partial charge in [0.1, 0.15) is 11.6 Å². The molecule has 190 valence electrons. The van der Waals surface area contributed by atoms with Gasteiger partial charge < -0.3 is 14.4 Å². The van der Waals surface area contributed by atoms with Crippen LogP contribution in [0.15, 0.2) is 78.9 Å². The van der Waals surface area contributed by atoms with Gasteiger partial charge in [0.05, 0.1) is 40.2 Å². The first-order valence-electron chi connectivity index (χ1n) is 12.2. The summed E-state index contributed by atoms with van der Waals surface area (Å²) in [5, 5.41) is 5.20. The number of nitrogens with zero attached hydrogens (tertiary/aromatic N) is 3. The zero-order valence-corrected chi connectivity index (χ0v) is 21.2. The third-order valence-corrected chi connectivity index (χ3v) is 6.68. The number of amides is 1. The Hall–Kier alpha value is -3.68. The quantitative estimate of drug-likeness (QED) is 0.263. The van der Waals surface area contributed by atoms with Gasteiger partial charge >= 0.3 is 0 Å². The Kier molecular flexibility index (Phi) is 7.53. The fraction of sp³-hybridized carbons (Fsp3) is 0.241. The maximum Gasteiger partial charge on any atom is 0.257 e. The first kappa shape index (κ1) is 25.0. The molecule has 1 amide bonds. The van der Waals surface area contributed by atoms with Crippen LogP contribution in [0.5, 0.6) is 11.6 Å². The molecule has 0 aliphatic carbocycles. The molecule has 0 spiro atoms. The van der Waals surface area contributed by atoms with Crippen molar-refractivity contribution < 1.29 is 18.7 Å². The molecule has 1 aromatic heterocycles. The van der Waals surface area contributed by atoms with Gasteiger partial charge in [-0.05, 0) is 56.2 Å². The molecule has 1 atom stereocenters. The lowest BCUT2D eigenvalue weighted by atomic mass is 10.1. The monoisotopic (exact) mass is 519 g/mol. The third kappa shape index (κ3) is 5.53. The molecule has 0 radical (unpaired) electrons. The van der Waals surface area contributed by atoms with Crippen molar-refractivity contribution in [2.24, 2.45) is 0 Å². The highest BCUT2D eigenvalue weighted by Crippen LogP contribution is 2.35. The molecule has 0 N–H and O–H groups in total. The van der Waals surface area contributed by atoms with E-state index in [0.717, 1.165) is 18.5 Å². The number of benzene rings is 3. The SMILES string of the molecule is Cc1nn(-c2ccccc2)c(Oc2ccccc2Cl)c1CN(CC1CCCO1)C(=O)c1ccccc1F. The maximum absolute atomic E-state index is 14.6. The lowest BCUT2D eigenvalue weighted by Crippen LogP contribution is -2.37. The Morgan fingerprint density at radius 3 is 2.57 bits per heavy atom. The van der Waals surface area contributed by atoms with Crippen LogP contribution in [-0.2, 0) is 11.3 Å². The van der Waals surface area contributed by atoms with Gasteiger partial charge in [-0.15, -0.1) is 0 Å². The molecule has 6 nitrogen and oxygen atoms in total. The first-order valence-corrected chi connectivity index (χ1v) is 12.6. The Balaban J connectivity index is 1.57. The molecule has 1 fully saturated rings. The summed E-state index contributed by atoms with van der Waals surface area (Å²) in [6.07, 6.45) is 1.65. The van der Waals surface area contributed by atoms with Crippen LogP contribution in [0, 0.1) is 12.7 Å². The van der Waals surface area contributed by atoms with E-state index in [0.29, 0.717) is 41.1 Å². The molecule has 37 heavy (non-hydrogen) atoms.